The van der Waals surface area contributed by atoms with Crippen LogP contribution in [0.4, 0.5) is 11.4 Å². The zero-order valence-corrected chi connectivity index (χ0v) is 22.8. The van der Waals surface area contributed by atoms with Gasteiger partial charge in [-0.2, -0.15) is 0 Å². The van der Waals surface area contributed by atoms with Crippen molar-refractivity contribution in [2.24, 2.45) is 4.99 Å². The van der Waals surface area contributed by atoms with E-state index in [1.807, 2.05) is 36.4 Å². The number of carbonyl (C=O) groups is 1. The van der Waals surface area contributed by atoms with Crippen molar-refractivity contribution >= 4 is 40.3 Å². The molecule has 0 saturated carbocycles. The lowest BCUT2D eigenvalue weighted by Crippen LogP contribution is -2.51. The lowest BCUT2D eigenvalue weighted by molar-refractivity contribution is -0.122. The van der Waals surface area contributed by atoms with Crippen LogP contribution >= 0.6 is 11.8 Å². The average molecular weight is 492 g/mol. The molecule has 35 heavy (non-hydrogen) atoms. The molecule has 0 aromatic heterocycles. The van der Waals surface area contributed by atoms with E-state index in [0.29, 0.717) is 35.2 Å². The third-order valence-corrected chi connectivity index (χ3v) is 7.86. The first-order chi connectivity index (χ1) is 16.6. The highest BCUT2D eigenvalue weighted by Gasteiger charge is 2.38. The lowest BCUT2D eigenvalue weighted by Gasteiger charge is -2.50. The van der Waals surface area contributed by atoms with Gasteiger partial charge in [-0.1, -0.05) is 25.1 Å². The van der Waals surface area contributed by atoms with Crippen LogP contribution < -0.4 is 4.90 Å². The van der Waals surface area contributed by atoms with Crippen molar-refractivity contribution in [1.82, 2.24) is 4.90 Å². The highest BCUT2D eigenvalue weighted by molar-refractivity contribution is 8.18. The van der Waals surface area contributed by atoms with Gasteiger partial charge < -0.3 is 9.64 Å². The van der Waals surface area contributed by atoms with E-state index >= 15 is 0 Å². The van der Waals surface area contributed by atoms with Crippen LogP contribution in [-0.4, -0.2) is 47.8 Å². The van der Waals surface area contributed by atoms with Gasteiger partial charge in [0.25, 0.3) is 5.91 Å². The summed E-state index contributed by atoms with van der Waals surface area (Å²) in [6, 6.07) is 14.8. The number of fused-ring (bicyclic) bond motifs is 1. The van der Waals surface area contributed by atoms with Crippen LogP contribution in [0.5, 0.6) is 0 Å². The molecule has 4 rings (SSSR count). The lowest BCUT2D eigenvalue weighted by atomic mass is 9.78. The molecule has 2 aliphatic rings. The molecule has 2 heterocycles. The number of methoxy groups -OCH3 is 1. The number of hydrogen-bond acceptors (Lipinski definition) is 5. The van der Waals surface area contributed by atoms with Gasteiger partial charge in [0.05, 0.1) is 23.7 Å². The Bertz CT molecular complexity index is 1150. The predicted octanol–water partition coefficient (Wildman–Crippen LogP) is 6.75. The number of aliphatic imine (C=N–C) groups is 1. The second kappa shape index (κ2) is 10.2. The largest absolute Gasteiger partial charge is 0.383 e. The van der Waals surface area contributed by atoms with Gasteiger partial charge in [-0.15, -0.1) is 0 Å². The number of hydrogen-bond donors (Lipinski definition) is 0. The molecule has 0 N–H and O–H groups in total. The number of carbonyl (C=O) groups excluding carboxylic acids is 1. The van der Waals surface area contributed by atoms with Gasteiger partial charge in [-0.3, -0.25) is 9.69 Å². The zero-order chi connectivity index (χ0) is 25.3. The smallest absolute Gasteiger partial charge is 0.266 e. The number of para-hydroxylation sites is 1. The van der Waals surface area contributed by atoms with Crippen molar-refractivity contribution in [1.29, 1.82) is 0 Å². The molecular weight excluding hydrogens is 454 g/mol. The molecule has 1 unspecified atom stereocenters. The van der Waals surface area contributed by atoms with Crippen LogP contribution in [0, 0.1) is 6.92 Å². The fourth-order valence-electron chi connectivity index (χ4n) is 5.47. The summed E-state index contributed by atoms with van der Waals surface area (Å²) < 4.78 is 5.26. The maximum Gasteiger partial charge on any atom is 0.266 e. The summed E-state index contributed by atoms with van der Waals surface area (Å²) >= 11 is 1.44. The molecule has 2 aliphatic heterocycles. The number of thioether (sulfide) groups is 1. The minimum Gasteiger partial charge on any atom is -0.383 e. The standard InChI is InChI=1S/C29H37N3O2S/c1-19(2)32-25-15-20(3)22(16-24(25)21(4)18-29(32,5)6)17-26-27(33)31(13-14-34-7)28(35-26)30-23-11-9-8-10-12-23/h8-12,15-17,19,21H,13-14,18H2,1-7H3/b26-17-,30-28?. The minimum atomic E-state index is -0.0168. The second-order valence-corrected chi connectivity index (χ2v) is 11.4. The molecule has 1 amide bonds. The van der Waals surface area contributed by atoms with Crippen LogP contribution in [0.2, 0.25) is 0 Å². The Morgan fingerprint density at radius 3 is 2.60 bits per heavy atom. The van der Waals surface area contributed by atoms with E-state index in [1.165, 1.54) is 28.6 Å². The number of amides is 1. The van der Waals surface area contributed by atoms with Gasteiger partial charge in [-0.25, -0.2) is 4.99 Å². The van der Waals surface area contributed by atoms with Crippen LogP contribution in [0.25, 0.3) is 6.08 Å². The van der Waals surface area contributed by atoms with Crippen LogP contribution in [0.1, 0.15) is 63.6 Å². The monoisotopic (exact) mass is 491 g/mol. The summed E-state index contributed by atoms with van der Waals surface area (Å²) in [5.74, 6) is 0.435. The molecule has 0 spiro atoms. The van der Waals surface area contributed by atoms with Crippen LogP contribution in [0.3, 0.4) is 0 Å². The SMILES string of the molecule is COCCN1C(=O)/C(=C/c2cc3c(cc2C)N(C(C)C)C(C)(C)CC3C)SC1=Nc1ccccc1. The fourth-order valence-corrected chi connectivity index (χ4v) is 6.49. The average Bonchev–Trinajstić information content (AvgIpc) is 3.07. The third-order valence-electron chi connectivity index (χ3n) is 6.85. The molecule has 2 aromatic carbocycles. The number of benzene rings is 2. The number of nitrogens with zero attached hydrogens (tertiary/aromatic N) is 3. The van der Waals surface area contributed by atoms with Gasteiger partial charge in [0.1, 0.15) is 0 Å². The highest BCUT2D eigenvalue weighted by atomic mass is 32.2. The molecule has 0 radical (unpaired) electrons. The first-order valence-corrected chi connectivity index (χ1v) is 13.2. The zero-order valence-electron chi connectivity index (χ0n) is 22.0. The Hall–Kier alpha value is -2.57. The van der Waals surface area contributed by atoms with Crippen LogP contribution in [-0.2, 0) is 9.53 Å². The van der Waals surface area contributed by atoms with E-state index in [2.05, 4.69) is 58.6 Å². The first kappa shape index (κ1) is 25.5. The van der Waals surface area contributed by atoms with Gasteiger partial charge in [0.15, 0.2) is 5.17 Å². The molecule has 5 nitrogen and oxygen atoms in total. The Morgan fingerprint density at radius 2 is 1.94 bits per heavy atom. The second-order valence-electron chi connectivity index (χ2n) is 10.4. The summed E-state index contributed by atoms with van der Waals surface area (Å²) in [4.78, 5) is 23.1. The summed E-state index contributed by atoms with van der Waals surface area (Å²) in [5, 5.41) is 0.696. The maximum atomic E-state index is 13.4. The number of aryl methyl sites for hydroxylation is 1. The van der Waals surface area contributed by atoms with Gasteiger partial charge in [0, 0.05) is 24.4 Å². The molecular formula is C29H37N3O2S. The van der Waals surface area contributed by atoms with E-state index < -0.39 is 0 Å². The molecule has 2 aromatic rings. The Balaban J connectivity index is 1.73. The Labute approximate surface area is 214 Å². The third kappa shape index (κ3) is 5.19. The molecule has 0 bridgehead atoms. The van der Waals surface area contributed by atoms with Gasteiger partial charge in [0.2, 0.25) is 0 Å². The van der Waals surface area contributed by atoms with E-state index in [-0.39, 0.29) is 11.4 Å². The number of amidine groups is 1. The number of ether oxygens (including phenoxy) is 1. The van der Waals surface area contributed by atoms with Gasteiger partial charge in [-0.05, 0) is 106 Å². The Kier molecular flexibility index (Phi) is 7.43. The summed E-state index contributed by atoms with van der Waals surface area (Å²) in [5.41, 5.74) is 5.90. The van der Waals surface area contributed by atoms with E-state index in [4.69, 9.17) is 9.73 Å². The first-order valence-electron chi connectivity index (χ1n) is 12.4. The topological polar surface area (TPSA) is 45.1 Å². The predicted molar refractivity (Wildman–Crippen MR) is 149 cm³/mol. The molecule has 1 saturated heterocycles. The van der Waals surface area contributed by atoms with Crippen LogP contribution in [0.15, 0.2) is 52.4 Å². The van der Waals surface area contributed by atoms with Crippen molar-refractivity contribution in [3.8, 4) is 0 Å². The fraction of sp³-hybridized carbons (Fsp3) is 0.448. The Morgan fingerprint density at radius 1 is 1.23 bits per heavy atom. The van der Waals surface area contributed by atoms with Crippen molar-refractivity contribution < 1.29 is 9.53 Å². The molecule has 6 heteroatoms. The van der Waals surface area contributed by atoms with E-state index in [1.54, 1.807) is 12.0 Å². The summed E-state index contributed by atoms with van der Waals surface area (Å²) in [6.45, 7) is 14.6. The maximum absolute atomic E-state index is 13.4. The summed E-state index contributed by atoms with van der Waals surface area (Å²) in [7, 11) is 1.65. The van der Waals surface area contributed by atoms with Crippen molar-refractivity contribution in [2.45, 2.75) is 65.5 Å². The van der Waals surface area contributed by atoms with E-state index in [9.17, 15) is 4.79 Å². The molecule has 1 atom stereocenters. The minimum absolute atomic E-state index is 0.0168. The van der Waals surface area contributed by atoms with Gasteiger partial charge >= 0.3 is 0 Å². The van der Waals surface area contributed by atoms with Crippen molar-refractivity contribution in [3.05, 3.63) is 64.1 Å². The molecule has 0 aliphatic carbocycles. The number of anilines is 1. The number of rotatable bonds is 6. The summed E-state index contributed by atoms with van der Waals surface area (Å²) in [6.07, 6.45) is 3.14. The highest BCUT2D eigenvalue weighted by Crippen LogP contribution is 2.46. The molecule has 186 valence electrons. The van der Waals surface area contributed by atoms with Crippen molar-refractivity contribution in [3.63, 3.8) is 0 Å². The van der Waals surface area contributed by atoms with Crippen molar-refractivity contribution in [2.75, 3.05) is 25.2 Å². The van der Waals surface area contributed by atoms with E-state index in [0.717, 1.165) is 17.7 Å². The normalized spacial score (nSPS) is 21.9. The quantitative estimate of drug-likeness (QED) is 0.420. The molecule has 1 fully saturated rings.